The maximum absolute atomic E-state index is 11.5. The molecule has 0 radical (unpaired) electrons. The zero-order valence-electron chi connectivity index (χ0n) is 8.40. The number of Topliss-reactive ketones (excluding diaryl/α,β-unsaturated/α-hetero) is 1. The lowest BCUT2D eigenvalue weighted by Gasteiger charge is -2.03. The van der Waals surface area contributed by atoms with Crippen LogP contribution in [0.25, 0.3) is 0 Å². The number of carbonyl (C=O) groups excluding carboxylic acids is 1. The van der Waals surface area contributed by atoms with Gasteiger partial charge in [-0.2, -0.15) is 0 Å². The number of carbonyl (C=O) groups is 1. The summed E-state index contributed by atoms with van der Waals surface area (Å²) in [6.07, 6.45) is 4.39. The molecule has 3 heteroatoms. The number of nitrogens with zero attached hydrogens (tertiary/aromatic N) is 1. The van der Waals surface area contributed by atoms with E-state index < -0.39 is 0 Å². The molecule has 0 atom stereocenters. The monoisotopic (exact) mass is 193 g/mol. The molecule has 1 rings (SSSR count). The van der Waals surface area contributed by atoms with Gasteiger partial charge >= 0.3 is 0 Å². The van der Waals surface area contributed by atoms with E-state index >= 15 is 0 Å². The van der Waals surface area contributed by atoms with Crippen LogP contribution < -0.4 is 0 Å². The molecular weight excluding hydrogens is 178 g/mol. The molecule has 0 saturated carbocycles. The highest BCUT2D eigenvalue weighted by molar-refractivity contribution is 5.95. The fourth-order valence-electron chi connectivity index (χ4n) is 1.16. The number of hydrogen-bond acceptors (Lipinski definition) is 2. The molecule has 0 aliphatic heterocycles. The molecule has 0 spiro atoms. The molecule has 0 aliphatic rings. The third-order valence-corrected chi connectivity index (χ3v) is 1.93. The second kappa shape index (κ2) is 5.40. The van der Waals surface area contributed by atoms with E-state index in [1.807, 2.05) is 19.3 Å². The van der Waals surface area contributed by atoms with Gasteiger partial charge in [0.05, 0.1) is 12.3 Å². The normalized spacial score (nSPS) is 10.1. The van der Waals surface area contributed by atoms with E-state index in [4.69, 9.17) is 4.74 Å². The van der Waals surface area contributed by atoms with Crippen molar-refractivity contribution in [2.24, 2.45) is 7.05 Å². The summed E-state index contributed by atoms with van der Waals surface area (Å²) in [5.74, 6) is 0.0153. The van der Waals surface area contributed by atoms with E-state index in [0.29, 0.717) is 12.3 Å². The Kier molecular flexibility index (Phi) is 4.13. The molecule has 3 nitrogen and oxygen atoms in total. The Morgan fingerprint density at radius 3 is 3.07 bits per heavy atom. The number of ether oxygens (including phenoxy) is 1. The van der Waals surface area contributed by atoms with Crippen LogP contribution >= 0.6 is 0 Å². The molecule has 1 heterocycles. The summed E-state index contributed by atoms with van der Waals surface area (Å²) < 4.78 is 6.97. The Hall–Kier alpha value is -1.35. The van der Waals surface area contributed by atoms with E-state index in [9.17, 15) is 4.79 Å². The number of ketones is 1. The molecule has 1 aromatic rings. The number of hydrogen-bond donors (Lipinski definition) is 0. The largest absolute Gasteiger partial charge is 0.373 e. The Morgan fingerprint density at radius 1 is 1.71 bits per heavy atom. The van der Waals surface area contributed by atoms with Crippen molar-refractivity contribution < 1.29 is 9.53 Å². The highest BCUT2D eigenvalue weighted by Gasteiger charge is 2.07. The van der Waals surface area contributed by atoms with Crippen molar-refractivity contribution in [1.82, 2.24) is 4.57 Å². The SMILES string of the molecule is C=CCCOCC(=O)c1cccn1C. The standard InChI is InChI=1S/C11H15NO2/c1-3-4-8-14-9-11(13)10-6-5-7-12(10)2/h3,5-7H,1,4,8-9H2,2H3. The minimum Gasteiger partial charge on any atom is -0.373 e. The average molecular weight is 193 g/mol. The molecular formula is C11H15NO2. The number of aromatic nitrogens is 1. The molecule has 0 aliphatic carbocycles. The van der Waals surface area contributed by atoms with Crippen LogP contribution in [0.4, 0.5) is 0 Å². The predicted molar refractivity (Wildman–Crippen MR) is 55.4 cm³/mol. The zero-order chi connectivity index (χ0) is 10.4. The van der Waals surface area contributed by atoms with Gasteiger partial charge in [-0.1, -0.05) is 6.08 Å². The molecule has 0 fully saturated rings. The molecule has 0 bridgehead atoms. The first-order chi connectivity index (χ1) is 6.75. The zero-order valence-corrected chi connectivity index (χ0v) is 8.40. The van der Waals surface area contributed by atoms with Crippen LogP contribution in [-0.4, -0.2) is 23.6 Å². The van der Waals surface area contributed by atoms with E-state index in [2.05, 4.69) is 6.58 Å². The van der Waals surface area contributed by atoms with Gasteiger partial charge in [-0.25, -0.2) is 0 Å². The lowest BCUT2D eigenvalue weighted by atomic mass is 10.3. The molecule has 0 unspecified atom stereocenters. The van der Waals surface area contributed by atoms with E-state index in [0.717, 1.165) is 6.42 Å². The van der Waals surface area contributed by atoms with Crippen LogP contribution in [0.5, 0.6) is 0 Å². The Labute approximate surface area is 84.0 Å². The first-order valence-electron chi connectivity index (χ1n) is 4.59. The molecule has 1 aromatic heterocycles. The van der Waals surface area contributed by atoms with Gasteiger partial charge < -0.3 is 9.30 Å². The van der Waals surface area contributed by atoms with Crippen molar-refractivity contribution in [3.05, 3.63) is 36.7 Å². The highest BCUT2D eigenvalue weighted by Crippen LogP contribution is 2.01. The van der Waals surface area contributed by atoms with Gasteiger partial charge in [0.1, 0.15) is 6.61 Å². The van der Waals surface area contributed by atoms with Crippen LogP contribution in [-0.2, 0) is 11.8 Å². The maximum atomic E-state index is 11.5. The van der Waals surface area contributed by atoms with Crippen molar-refractivity contribution in [3.63, 3.8) is 0 Å². The molecule has 14 heavy (non-hydrogen) atoms. The minimum absolute atomic E-state index is 0.0153. The maximum Gasteiger partial charge on any atom is 0.204 e. The quantitative estimate of drug-likeness (QED) is 0.392. The van der Waals surface area contributed by atoms with Crippen LogP contribution in [0, 0.1) is 0 Å². The van der Waals surface area contributed by atoms with Gasteiger partial charge in [-0.3, -0.25) is 4.79 Å². The van der Waals surface area contributed by atoms with Crippen molar-refractivity contribution in [2.75, 3.05) is 13.2 Å². The summed E-state index contributed by atoms with van der Waals surface area (Å²) in [4.78, 5) is 11.5. The lowest BCUT2D eigenvalue weighted by molar-refractivity contribution is 0.0760. The second-order valence-corrected chi connectivity index (χ2v) is 3.06. The average Bonchev–Trinajstić information content (AvgIpc) is 2.59. The molecule has 76 valence electrons. The van der Waals surface area contributed by atoms with Crippen LogP contribution in [0.1, 0.15) is 16.9 Å². The Balaban J connectivity index is 2.36. The predicted octanol–water partition coefficient (Wildman–Crippen LogP) is 1.80. The third-order valence-electron chi connectivity index (χ3n) is 1.93. The van der Waals surface area contributed by atoms with E-state index in [1.54, 1.807) is 16.7 Å². The summed E-state index contributed by atoms with van der Waals surface area (Å²) in [6.45, 7) is 4.27. The number of rotatable bonds is 6. The van der Waals surface area contributed by atoms with Crippen LogP contribution in [0.15, 0.2) is 31.0 Å². The van der Waals surface area contributed by atoms with Gasteiger partial charge in [-0.05, 0) is 18.6 Å². The lowest BCUT2D eigenvalue weighted by Crippen LogP contribution is -2.12. The van der Waals surface area contributed by atoms with Crippen molar-refractivity contribution in [1.29, 1.82) is 0 Å². The minimum atomic E-state index is 0.0153. The summed E-state index contributed by atoms with van der Waals surface area (Å²) in [6, 6.07) is 3.64. The first-order valence-corrected chi connectivity index (χ1v) is 4.59. The van der Waals surface area contributed by atoms with Crippen molar-refractivity contribution >= 4 is 5.78 Å². The fraction of sp³-hybridized carbons (Fsp3) is 0.364. The van der Waals surface area contributed by atoms with Crippen molar-refractivity contribution in [2.45, 2.75) is 6.42 Å². The van der Waals surface area contributed by atoms with Crippen LogP contribution in [0.3, 0.4) is 0 Å². The van der Waals surface area contributed by atoms with Gasteiger partial charge in [-0.15, -0.1) is 6.58 Å². The third kappa shape index (κ3) is 2.85. The van der Waals surface area contributed by atoms with E-state index in [1.165, 1.54) is 0 Å². The highest BCUT2D eigenvalue weighted by atomic mass is 16.5. The second-order valence-electron chi connectivity index (χ2n) is 3.06. The van der Waals surface area contributed by atoms with Crippen molar-refractivity contribution in [3.8, 4) is 0 Å². The van der Waals surface area contributed by atoms with E-state index in [-0.39, 0.29) is 12.4 Å². The Morgan fingerprint density at radius 2 is 2.50 bits per heavy atom. The van der Waals surface area contributed by atoms with Gasteiger partial charge in [0.2, 0.25) is 5.78 Å². The molecule has 0 amide bonds. The summed E-state index contributed by atoms with van der Waals surface area (Å²) >= 11 is 0. The summed E-state index contributed by atoms with van der Waals surface area (Å²) in [5, 5.41) is 0. The topological polar surface area (TPSA) is 31.2 Å². The van der Waals surface area contributed by atoms with Crippen LogP contribution in [0.2, 0.25) is 0 Å². The summed E-state index contributed by atoms with van der Waals surface area (Å²) in [5.41, 5.74) is 0.684. The van der Waals surface area contributed by atoms with Gasteiger partial charge in [0.15, 0.2) is 0 Å². The Bertz CT molecular complexity index is 315. The summed E-state index contributed by atoms with van der Waals surface area (Å²) in [7, 11) is 1.84. The van der Waals surface area contributed by atoms with Gasteiger partial charge in [0, 0.05) is 13.2 Å². The van der Waals surface area contributed by atoms with Gasteiger partial charge in [0.25, 0.3) is 0 Å². The molecule has 0 aromatic carbocycles. The molecule has 0 N–H and O–H groups in total. The smallest absolute Gasteiger partial charge is 0.204 e. The molecule has 0 saturated heterocycles. The first kappa shape index (κ1) is 10.7. The number of aryl methyl sites for hydroxylation is 1. The fourth-order valence-corrected chi connectivity index (χ4v) is 1.16.